The van der Waals surface area contributed by atoms with Crippen LogP contribution in [0, 0.1) is 0 Å². The van der Waals surface area contributed by atoms with Crippen LogP contribution in [0.15, 0.2) is 162 Å². The van der Waals surface area contributed by atoms with Gasteiger partial charge in [0, 0.05) is 27.6 Å². The van der Waals surface area contributed by atoms with Crippen molar-refractivity contribution in [3.8, 4) is 45.3 Å². The molecule has 4 nitrogen and oxygen atoms in total. The zero-order valence-corrected chi connectivity index (χ0v) is 29.6. The van der Waals surface area contributed by atoms with E-state index in [0.29, 0.717) is 17.5 Å². The van der Waals surface area contributed by atoms with E-state index in [0.717, 1.165) is 56.4 Å². The third kappa shape index (κ3) is 4.87. The van der Waals surface area contributed by atoms with E-state index in [4.69, 9.17) is 19.4 Å². The van der Waals surface area contributed by atoms with E-state index in [1.165, 1.54) is 43.3 Å². The molecule has 0 saturated carbocycles. The minimum Gasteiger partial charge on any atom is -0.456 e. The standard InChI is InChI=1S/C50H33N3O/c1-30-12-11-21-44-46(30)47-43(50-52-48(32-14-3-2-4-15-32)51-49(53-50)35-23-22-31-13-5-6-16-33(31)26-35)28-36(29-45(47)54-44)34-24-25-41-39-19-8-7-17-37(39)38-18-9-10-20-40(38)42(41)27-34/h2-11,13-30H,12H2,1H3. The van der Waals surface area contributed by atoms with Crippen molar-refractivity contribution >= 4 is 60.1 Å². The third-order valence-corrected chi connectivity index (χ3v) is 11.1. The molecule has 0 amide bonds. The lowest BCUT2D eigenvalue weighted by atomic mass is 9.87. The summed E-state index contributed by atoms with van der Waals surface area (Å²) in [4.78, 5) is 15.6. The number of allylic oxidation sites excluding steroid dienone is 1. The summed E-state index contributed by atoms with van der Waals surface area (Å²) in [5.74, 6) is 3.09. The molecule has 0 radical (unpaired) electrons. The SMILES string of the molecule is CC1CC=Cc2oc3cc(-c4ccc5c6ccccc6c6ccccc6c5c4)cc(-c4nc(-c5ccccc5)nc(-c5ccc6ccccc6c5)n4)c3c21. The quantitative estimate of drug-likeness (QED) is 0.172. The molecule has 2 aromatic heterocycles. The number of hydrogen-bond acceptors (Lipinski definition) is 4. The second-order valence-corrected chi connectivity index (χ2v) is 14.4. The first-order valence-electron chi connectivity index (χ1n) is 18.6. The highest BCUT2D eigenvalue weighted by Gasteiger charge is 2.26. The van der Waals surface area contributed by atoms with E-state index in [-0.39, 0.29) is 5.92 Å². The van der Waals surface area contributed by atoms with Crippen molar-refractivity contribution in [2.75, 3.05) is 0 Å². The summed E-state index contributed by atoms with van der Waals surface area (Å²) in [7, 11) is 0. The van der Waals surface area contributed by atoms with Crippen molar-refractivity contribution in [3.63, 3.8) is 0 Å². The van der Waals surface area contributed by atoms with Gasteiger partial charge in [0.1, 0.15) is 11.3 Å². The number of nitrogens with zero attached hydrogens (tertiary/aromatic N) is 3. The Hall–Kier alpha value is -6.91. The number of benzene rings is 8. The highest BCUT2D eigenvalue weighted by atomic mass is 16.3. The monoisotopic (exact) mass is 691 g/mol. The molecule has 1 aliphatic carbocycles. The molecule has 8 aromatic carbocycles. The van der Waals surface area contributed by atoms with Gasteiger partial charge in [-0.25, -0.2) is 15.0 Å². The molecule has 1 unspecified atom stereocenters. The van der Waals surface area contributed by atoms with Gasteiger partial charge in [0.2, 0.25) is 0 Å². The van der Waals surface area contributed by atoms with E-state index in [1.54, 1.807) is 0 Å². The van der Waals surface area contributed by atoms with Gasteiger partial charge in [0.15, 0.2) is 17.5 Å². The normalized spacial score (nSPS) is 14.1. The fraction of sp³-hybridized carbons (Fsp3) is 0.0600. The minimum absolute atomic E-state index is 0.284. The zero-order valence-electron chi connectivity index (χ0n) is 29.6. The number of aromatic nitrogens is 3. The van der Waals surface area contributed by atoms with Gasteiger partial charge in [-0.05, 0) is 96.9 Å². The van der Waals surface area contributed by atoms with Gasteiger partial charge in [0.05, 0.1) is 0 Å². The zero-order chi connectivity index (χ0) is 35.8. The van der Waals surface area contributed by atoms with Gasteiger partial charge in [-0.2, -0.15) is 0 Å². The Kier molecular flexibility index (Phi) is 6.86. The van der Waals surface area contributed by atoms with Crippen LogP contribution in [0.1, 0.15) is 30.6 Å². The summed E-state index contributed by atoms with van der Waals surface area (Å²) in [6.45, 7) is 2.27. The van der Waals surface area contributed by atoms with Crippen LogP contribution in [0.5, 0.6) is 0 Å². The summed E-state index contributed by atoms with van der Waals surface area (Å²) in [6, 6.07) is 53.8. The third-order valence-electron chi connectivity index (χ3n) is 11.1. The van der Waals surface area contributed by atoms with Crippen LogP contribution >= 0.6 is 0 Å². The van der Waals surface area contributed by atoms with Gasteiger partial charge >= 0.3 is 0 Å². The van der Waals surface area contributed by atoms with E-state index in [9.17, 15) is 0 Å². The van der Waals surface area contributed by atoms with Gasteiger partial charge in [0.25, 0.3) is 0 Å². The minimum atomic E-state index is 0.284. The number of hydrogen-bond donors (Lipinski definition) is 0. The average molecular weight is 692 g/mol. The first-order chi connectivity index (χ1) is 26.7. The van der Waals surface area contributed by atoms with Crippen molar-refractivity contribution < 1.29 is 4.42 Å². The van der Waals surface area contributed by atoms with Gasteiger partial charge in [-0.1, -0.05) is 140 Å². The molecule has 1 aliphatic rings. The average Bonchev–Trinajstić information content (AvgIpc) is 3.63. The lowest BCUT2D eigenvalue weighted by Gasteiger charge is -2.16. The molecule has 0 bridgehead atoms. The molecular formula is C50H33N3O. The predicted octanol–water partition coefficient (Wildman–Crippen LogP) is 13.4. The molecule has 1 atom stereocenters. The lowest BCUT2D eigenvalue weighted by Crippen LogP contribution is -2.02. The van der Waals surface area contributed by atoms with Crippen molar-refractivity contribution in [1.82, 2.24) is 15.0 Å². The van der Waals surface area contributed by atoms with Crippen molar-refractivity contribution in [1.29, 1.82) is 0 Å². The maximum Gasteiger partial charge on any atom is 0.164 e. The van der Waals surface area contributed by atoms with E-state index < -0.39 is 0 Å². The number of rotatable bonds is 4. The Morgan fingerprint density at radius 2 is 1.09 bits per heavy atom. The van der Waals surface area contributed by atoms with Gasteiger partial charge < -0.3 is 4.42 Å². The summed E-state index contributed by atoms with van der Waals surface area (Å²) < 4.78 is 6.72. The highest BCUT2D eigenvalue weighted by Crippen LogP contribution is 2.45. The first kappa shape index (κ1) is 30.7. The van der Waals surface area contributed by atoms with Crippen molar-refractivity contribution in [2.45, 2.75) is 19.3 Å². The second kappa shape index (κ2) is 12.1. The molecule has 4 heteroatoms. The number of furan rings is 1. The van der Waals surface area contributed by atoms with Crippen LogP contribution in [-0.4, -0.2) is 15.0 Å². The van der Waals surface area contributed by atoms with Crippen LogP contribution in [-0.2, 0) is 0 Å². The molecule has 0 saturated heterocycles. The Morgan fingerprint density at radius 3 is 1.85 bits per heavy atom. The Bertz CT molecular complexity index is 3120. The van der Waals surface area contributed by atoms with Crippen molar-refractivity contribution in [3.05, 3.63) is 169 Å². The molecule has 54 heavy (non-hydrogen) atoms. The first-order valence-corrected chi connectivity index (χ1v) is 18.6. The molecule has 254 valence electrons. The summed E-state index contributed by atoms with van der Waals surface area (Å²) in [5, 5.41) is 10.9. The van der Waals surface area contributed by atoms with E-state index in [1.807, 2.05) is 18.2 Å². The van der Waals surface area contributed by atoms with E-state index in [2.05, 4.69) is 153 Å². The Labute approximate surface area is 312 Å². The maximum atomic E-state index is 6.72. The van der Waals surface area contributed by atoms with Crippen LogP contribution in [0.25, 0.3) is 105 Å². The fourth-order valence-electron chi connectivity index (χ4n) is 8.48. The Morgan fingerprint density at radius 1 is 0.481 bits per heavy atom. The molecule has 11 rings (SSSR count). The van der Waals surface area contributed by atoms with Crippen LogP contribution < -0.4 is 0 Å². The molecule has 0 aliphatic heterocycles. The molecule has 2 heterocycles. The predicted molar refractivity (Wildman–Crippen MR) is 223 cm³/mol. The smallest absolute Gasteiger partial charge is 0.164 e. The van der Waals surface area contributed by atoms with Crippen LogP contribution in [0.4, 0.5) is 0 Å². The van der Waals surface area contributed by atoms with Gasteiger partial charge in [-0.3, -0.25) is 0 Å². The summed E-state index contributed by atoms with van der Waals surface area (Å²) in [5.41, 5.74) is 7.03. The highest BCUT2D eigenvalue weighted by molar-refractivity contribution is 6.25. The second-order valence-electron chi connectivity index (χ2n) is 14.4. The van der Waals surface area contributed by atoms with Gasteiger partial charge in [-0.15, -0.1) is 0 Å². The van der Waals surface area contributed by atoms with E-state index >= 15 is 0 Å². The molecule has 0 spiro atoms. The summed E-state index contributed by atoms with van der Waals surface area (Å²) in [6.07, 6.45) is 5.28. The van der Waals surface area contributed by atoms with Crippen LogP contribution in [0.3, 0.4) is 0 Å². The van der Waals surface area contributed by atoms with Crippen LogP contribution in [0.2, 0.25) is 0 Å². The molecular weight excluding hydrogens is 659 g/mol. The molecule has 10 aromatic rings. The fourth-order valence-corrected chi connectivity index (χ4v) is 8.48. The summed E-state index contributed by atoms with van der Waals surface area (Å²) >= 11 is 0. The molecule has 0 fully saturated rings. The maximum absolute atomic E-state index is 6.72. The Balaban J connectivity index is 1.19. The topological polar surface area (TPSA) is 51.8 Å². The largest absolute Gasteiger partial charge is 0.456 e. The molecule has 0 N–H and O–H groups in total. The lowest BCUT2D eigenvalue weighted by molar-refractivity contribution is 0.586. The van der Waals surface area contributed by atoms with Crippen molar-refractivity contribution in [2.24, 2.45) is 0 Å². The number of fused-ring (bicyclic) bond motifs is 10.